The number of nitrogens with zero attached hydrogens (tertiary/aromatic N) is 2. The summed E-state index contributed by atoms with van der Waals surface area (Å²) in [5.41, 5.74) is 2.18. The van der Waals surface area contributed by atoms with Crippen LogP contribution in [-0.2, 0) is 0 Å². The first kappa shape index (κ1) is 13.1. The van der Waals surface area contributed by atoms with Crippen LogP contribution < -0.4 is 4.90 Å². The molecule has 1 aromatic carbocycles. The van der Waals surface area contributed by atoms with E-state index in [-0.39, 0.29) is 18.1 Å². The molecule has 2 N–H and O–H groups in total. The first-order chi connectivity index (χ1) is 9.56. The Morgan fingerprint density at radius 2 is 2.25 bits per heavy atom. The van der Waals surface area contributed by atoms with Gasteiger partial charge in [0.2, 0.25) is 0 Å². The predicted octanol–water partition coefficient (Wildman–Crippen LogP) is 3.87. The fourth-order valence-electron chi connectivity index (χ4n) is 2.14. The Morgan fingerprint density at radius 1 is 1.45 bits per heavy atom. The number of amidine groups is 1. The summed E-state index contributed by atoms with van der Waals surface area (Å²) in [4.78, 5) is 6.06. The van der Waals surface area contributed by atoms with Crippen molar-refractivity contribution in [2.45, 2.75) is 6.92 Å². The molecular weight excluding hydrogens is 294 g/mol. The number of aromatic nitrogens is 1. The maximum atomic E-state index is 10.2. The Balaban J connectivity index is 1.96. The summed E-state index contributed by atoms with van der Waals surface area (Å²) in [6.07, 6.45) is 0. The Morgan fingerprint density at radius 3 is 2.90 bits per heavy atom. The number of benzene rings is 1. The van der Waals surface area contributed by atoms with E-state index in [0.717, 1.165) is 11.4 Å². The highest BCUT2D eigenvalue weighted by molar-refractivity contribution is 7.11. The van der Waals surface area contributed by atoms with E-state index in [1.54, 1.807) is 17.0 Å². The lowest BCUT2D eigenvalue weighted by molar-refractivity contribution is 0.411. The van der Waals surface area contributed by atoms with Gasteiger partial charge >= 0.3 is 0 Å². The number of halogens is 1. The molecule has 0 saturated carbocycles. The second-order valence-electron chi connectivity index (χ2n) is 4.53. The zero-order chi connectivity index (χ0) is 14.3. The summed E-state index contributed by atoms with van der Waals surface area (Å²) in [6.45, 7) is 2.16. The number of nitrogens with one attached hydrogen (secondary N) is 1. The Bertz CT molecular complexity index is 723. The third-order valence-corrected chi connectivity index (χ3v) is 4.27. The molecule has 0 saturated heterocycles. The van der Waals surface area contributed by atoms with Gasteiger partial charge in [0, 0.05) is 21.8 Å². The van der Waals surface area contributed by atoms with E-state index in [4.69, 9.17) is 17.0 Å². The van der Waals surface area contributed by atoms with Gasteiger partial charge in [-0.25, -0.2) is 4.98 Å². The number of aliphatic hydroxyl groups excluding tert-OH is 1. The second-order valence-corrected chi connectivity index (χ2v) is 5.82. The molecule has 0 amide bonds. The molecular formula is C14H12ClN3OS. The third kappa shape index (κ3) is 2.19. The smallest absolute Gasteiger partial charge is 0.139 e. The molecule has 0 spiro atoms. The highest BCUT2D eigenvalue weighted by Crippen LogP contribution is 2.33. The number of thiazole rings is 1. The van der Waals surface area contributed by atoms with E-state index in [1.165, 1.54) is 11.3 Å². The molecule has 1 aliphatic rings. The van der Waals surface area contributed by atoms with Crippen LogP contribution >= 0.6 is 22.9 Å². The molecule has 3 rings (SSSR count). The van der Waals surface area contributed by atoms with Gasteiger partial charge in [-0.15, -0.1) is 11.3 Å². The monoisotopic (exact) mass is 305 g/mol. The van der Waals surface area contributed by atoms with Crippen molar-refractivity contribution in [2.24, 2.45) is 0 Å². The van der Waals surface area contributed by atoms with E-state index in [9.17, 15) is 5.11 Å². The lowest BCUT2D eigenvalue weighted by atomic mass is 10.2. The number of aliphatic hydroxyl groups is 1. The largest absolute Gasteiger partial charge is 0.510 e. The molecule has 0 fully saturated rings. The first-order valence-electron chi connectivity index (χ1n) is 6.03. The fourth-order valence-corrected chi connectivity index (χ4v) is 3.19. The normalized spacial score (nSPS) is 15.3. The average Bonchev–Trinajstić information content (AvgIpc) is 2.93. The summed E-state index contributed by atoms with van der Waals surface area (Å²) in [6, 6.07) is 7.25. The van der Waals surface area contributed by atoms with Gasteiger partial charge in [0.1, 0.15) is 16.6 Å². The molecule has 0 aliphatic carbocycles. The zero-order valence-corrected chi connectivity index (χ0v) is 12.3. The second kappa shape index (κ2) is 4.92. The van der Waals surface area contributed by atoms with Crippen LogP contribution in [-0.4, -0.2) is 22.5 Å². The van der Waals surface area contributed by atoms with Crippen molar-refractivity contribution in [1.29, 1.82) is 5.41 Å². The van der Waals surface area contributed by atoms with Crippen LogP contribution in [0.5, 0.6) is 0 Å². The van der Waals surface area contributed by atoms with Crippen LogP contribution in [0, 0.1) is 12.3 Å². The molecule has 1 aromatic heterocycles. The summed E-state index contributed by atoms with van der Waals surface area (Å²) in [7, 11) is 0. The Labute approximate surface area is 125 Å². The van der Waals surface area contributed by atoms with Gasteiger partial charge in [-0.1, -0.05) is 17.7 Å². The van der Waals surface area contributed by atoms with Crippen molar-refractivity contribution in [2.75, 3.05) is 11.4 Å². The highest BCUT2D eigenvalue weighted by Gasteiger charge is 2.31. The third-order valence-electron chi connectivity index (χ3n) is 3.06. The number of aryl methyl sites for hydroxylation is 1. The van der Waals surface area contributed by atoms with Gasteiger partial charge in [0.15, 0.2) is 0 Å². The van der Waals surface area contributed by atoms with E-state index in [0.29, 0.717) is 15.6 Å². The van der Waals surface area contributed by atoms with Crippen LogP contribution in [0.15, 0.2) is 35.4 Å². The minimum absolute atomic E-state index is 0.171. The molecule has 0 unspecified atom stereocenters. The topological polar surface area (TPSA) is 60.2 Å². The molecule has 2 aromatic rings. The SMILES string of the molecule is Cc1csc(C2=C(O)CN(c3cccc(Cl)c3)C2=N)n1. The van der Waals surface area contributed by atoms with Crippen molar-refractivity contribution in [3.05, 3.63) is 51.1 Å². The summed E-state index contributed by atoms with van der Waals surface area (Å²) in [5.74, 6) is 0.420. The molecule has 20 heavy (non-hydrogen) atoms. The highest BCUT2D eigenvalue weighted by atomic mass is 35.5. The van der Waals surface area contributed by atoms with Gasteiger partial charge in [-0.2, -0.15) is 0 Å². The molecule has 0 radical (unpaired) electrons. The number of anilines is 1. The fraction of sp³-hybridized carbons (Fsp3) is 0.143. The van der Waals surface area contributed by atoms with Crippen molar-refractivity contribution in [1.82, 2.24) is 4.98 Å². The molecule has 2 heterocycles. The lowest BCUT2D eigenvalue weighted by Gasteiger charge is -2.18. The van der Waals surface area contributed by atoms with Crippen molar-refractivity contribution in [3.63, 3.8) is 0 Å². The van der Waals surface area contributed by atoms with Gasteiger partial charge in [-0.3, -0.25) is 5.41 Å². The Hall–Kier alpha value is -1.85. The summed E-state index contributed by atoms with van der Waals surface area (Å²) >= 11 is 7.41. The minimum atomic E-state index is 0.171. The maximum absolute atomic E-state index is 10.2. The van der Waals surface area contributed by atoms with Gasteiger partial charge < -0.3 is 10.0 Å². The van der Waals surface area contributed by atoms with Crippen LogP contribution in [0.25, 0.3) is 5.57 Å². The number of rotatable bonds is 2. The van der Waals surface area contributed by atoms with Crippen molar-refractivity contribution < 1.29 is 5.11 Å². The molecule has 1 aliphatic heterocycles. The van der Waals surface area contributed by atoms with E-state index in [2.05, 4.69) is 4.98 Å². The molecule has 102 valence electrons. The Kier molecular flexibility index (Phi) is 3.23. The van der Waals surface area contributed by atoms with Crippen LogP contribution in [0.4, 0.5) is 5.69 Å². The average molecular weight is 306 g/mol. The van der Waals surface area contributed by atoms with Crippen molar-refractivity contribution >= 4 is 40.0 Å². The van der Waals surface area contributed by atoms with Crippen molar-refractivity contribution in [3.8, 4) is 0 Å². The summed E-state index contributed by atoms with van der Waals surface area (Å²) < 4.78 is 0. The van der Waals surface area contributed by atoms with Crippen LogP contribution in [0.3, 0.4) is 0 Å². The maximum Gasteiger partial charge on any atom is 0.139 e. The van der Waals surface area contributed by atoms with Crippen LogP contribution in [0.2, 0.25) is 5.02 Å². The van der Waals surface area contributed by atoms with Gasteiger partial charge in [0.25, 0.3) is 0 Å². The zero-order valence-electron chi connectivity index (χ0n) is 10.7. The standard InChI is InChI=1S/C14H12ClN3OS/c1-8-7-20-14(17-8)12-11(19)6-18(13(12)16)10-4-2-3-9(15)5-10/h2-5,7,16,19H,6H2,1H3. The van der Waals surface area contributed by atoms with E-state index in [1.807, 2.05) is 24.4 Å². The van der Waals surface area contributed by atoms with Gasteiger partial charge in [0.05, 0.1) is 12.1 Å². The molecule has 4 nitrogen and oxygen atoms in total. The quantitative estimate of drug-likeness (QED) is 0.885. The molecule has 0 bridgehead atoms. The molecule has 6 heteroatoms. The van der Waals surface area contributed by atoms with E-state index >= 15 is 0 Å². The molecule has 0 atom stereocenters. The first-order valence-corrected chi connectivity index (χ1v) is 7.28. The predicted molar refractivity (Wildman–Crippen MR) is 82.9 cm³/mol. The number of hydrogen-bond donors (Lipinski definition) is 2. The van der Waals surface area contributed by atoms with Crippen LogP contribution in [0.1, 0.15) is 10.7 Å². The van der Waals surface area contributed by atoms with E-state index < -0.39 is 0 Å². The number of hydrogen-bond acceptors (Lipinski definition) is 4. The lowest BCUT2D eigenvalue weighted by Crippen LogP contribution is -2.25. The van der Waals surface area contributed by atoms with Gasteiger partial charge in [-0.05, 0) is 25.1 Å². The summed E-state index contributed by atoms with van der Waals surface area (Å²) in [5, 5.41) is 21.6. The minimum Gasteiger partial charge on any atom is -0.510 e.